The first-order valence-corrected chi connectivity index (χ1v) is 12.0. The van der Waals surface area contributed by atoms with Gasteiger partial charge in [0.05, 0.1) is 17.1 Å². The number of thiophene rings is 1. The van der Waals surface area contributed by atoms with E-state index in [0.717, 1.165) is 10.4 Å². The van der Waals surface area contributed by atoms with Crippen molar-refractivity contribution in [2.24, 2.45) is 0 Å². The highest BCUT2D eigenvalue weighted by Crippen LogP contribution is 2.49. The number of nitrogens with one attached hydrogen (secondary N) is 3. The summed E-state index contributed by atoms with van der Waals surface area (Å²) in [5.74, 6) is -0.482. The van der Waals surface area contributed by atoms with Gasteiger partial charge >= 0.3 is 11.8 Å². The summed E-state index contributed by atoms with van der Waals surface area (Å²) < 4.78 is 15.1. The molecule has 1 aliphatic carbocycles. The Morgan fingerprint density at radius 3 is 2.51 bits per heavy atom. The van der Waals surface area contributed by atoms with Gasteiger partial charge in [-0.15, -0.1) is 17.8 Å². The molecule has 3 N–H and O–H groups in total. The summed E-state index contributed by atoms with van der Waals surface area (Å²) in [5, 5.41) is 9.65. The molecule has 3 aromatic rings. The zero-order valence-corrected chi connectivity index (χ0v) is 20.1. The van der Waals surface area contributed by atoms with Gasteiger partial charge in [0, 0.05) is 22.5 Å². The average Bonchev–Trinajstić information content (AvgIpc) is 3.41. The van der Waals surface area contributed by atoms with Gasteiger partial charge in [-0.3, -0.25) is 14.4 Å². The van der Waals surface area contributed by atoms with Crippen molar-refractivity contribution in [3.8, 4) is 22.8 Å². The maximum Gasteiger partial charge on any atom is 0.310 e. The molecule has 0 radical (unpaired) electrons. The summed E-state index contributed by atoms with van der Waals surface area (Å²) in [6, 6.07) is 13.8. The number of hydrogen-bond donors (Lipinski definition) is 3. The minimum absolute atomic E-state index is 0.00218. The third kappa shape index (κ3) is 5.37. The van der Waals surface area contributed by atoms with E-state index in [9.17, 15) is 14.4 Å². The number of benzene rings is 2. The standard InChI is InChI=1S/C26H21ClFN3O3S/c1-2-11-29-24(33)25(34)30-15-16-6-3-4-7-18(16)23(32)31-26(9-10-26)19-13-17(14-20(27)22(19)28)21-8-5-12-35-21/h1,3-8,12-14H,9-11,15H2,(H,29,33)(H,30,34)(H,31,32). The fraction of sp³-hybridized carbons (Fsp3) is 0.192. The highest BCUT2D eigenvalue weighted by molar-refractivity contribution is 7.13. The first-order valence-electron chi connectivity index (χ1n) is 10.8. The Labute approximate surface area is 210 Å². The highest BCUT2D eigenvalue weighted by Gasteiger charge is 2.48. The first kappa shape index (κ1) is 24.5. The molecular weight excluding hydrogens is 489 g/mol. The fourth-order valence-corrected chi connectivity index (χ4v) is 4.69. The maximum absolute atomic E-state index is 15.1. The quantitative estimate of drug-likeness (QED) is 0.332. The van der Waals surface area contributed by atoms with E-state index >= 15 is 4.39 Å². The topological polar surface area (TPSA) is 87.3 Å². The summed E-state index contributed by atoms with van der Waals surface area (Å²) in [6.45, 7) is -0.117. The molecule has 6 nitrogen and oxygen atoms in total. The van der Waals surface area contributed by atoms with E-state index in [1.54, 1.807) is 36.4 Å². The summed E-state index contributed by atoms with van der Waals surface area (Å²) in [5.41, 5.74) is 1.07. The smallest absolute Gasteiger partial charge is 0.310 e. The summed E-state index contributed by atoms with van der Waals surface area (Å²) in [6.07, 6.45) is 6.20. The maximum atomic E-state index is 15.1. The predicted octanol–water partition coefficient (Wildman–Crippen LogP) is 3.99. The summed E-state index contributed by atoms with van der Waals surface area (Å²) in [7, 11) is 0. The van der Waals surface area contributed by atoms with Crippen LogP contribution >= 0.6 is 22.9 Å². The van der Waals surface area contributed by atoms with Gasteiger partial charge in [-0.05, 0) is 53.6 Å². The van der Waals surface area contributed by atoms with E-state index in [1.165, 1.54) is 11.3 Å². The molecule has 0 unspecified atom stereocenters. The lowest BCUT2D eigenvalue weighted by molar-refractivity contribution is -0.139. The van der Waals surface area contributed by atoms with Crippen LogP contribution in [0.1, 0.15) is 34.3 Å². The third-order valence-electron chi connectivity index (χ3n) is 5.71. The molecule has 2 aromatic carbocycles. The van der Waals surface area contributed by atoms with Crippen LogP contribution < -0.4 is 16.0 Å². The van der Waals surface area contributed by atoms with E-state index in [2.05, 4.69) is 21.9 Å². The second-order valence-corrected chi connectivity index (χ2v) is 9.41. The number of halogens is 2. The molecule has 1 aliphatic rings. The van der Waals surface area contributed by atoms with E-state index < -0.39 is 29.1 Å². The van der Waals surface area contributed by atoms with Crippen molar-refractivity contribution < 1.29 is 18.8 Å². The third-order valence-corrected chi connectivity index (χ3v) is 6.90. The molecule has 0 spiro atoms. The van der Waals surface area contributed by atoms with Crippen molar-refractivity contribution in [3.63, 3.8) is 0 Å². The van der Waals surface area contributed by atoms with Gasteiger partial charge in [0.2, 0.25) is 0 Å². The van der Waals surface area contributed by atoms with Gasteiger partial charge < -0.3 is 16.0 Å². The van der Waals surface area contributed by atoms with Gasteiger partial charge in [-0.25, -0.2) is 4.39 Å². The van der Waals surface area contributed by atoms with Crippen LogP contribution in [0.4, 0.5) is 4.39 Å². The molecular formula is C26H21ClFN3O3S. The highest BCUT2D eigenvalue weighted by atomic mass is 35.5. The van der Waals surface area contributed by atoms with Crippen LogP contribution in [0, 0.1) is 18.2 Å². The molecule has 1 heterocycles. The Kier molecular flexibility index (Phi) is 7.20. The van der Waals surface area contributed by atoms with Crippen LogP contribution in [0.25, 0.3) is 10.4 Å². The monoisotopic (exact) mass is 509 g/mol. The van der Waals surface area contributed by atoms with Crippen molar-refractivity contribution >= 4 is 40.7 Å². The molecule has 0 bridgehead atoms. The largest absolute Gasteiger partial charge is 0.344 e. The Bertz CT molecular complexity index is 1330. The van der Waals surface area contributed by atoms with Crippen molar-refractivity contribution in [3.05, 3.63) is 81.4 Å². The zero-order chi connectivity index (χ0) is 25.0. The molecule has 178 valence electrons. The van der Waals surface area contributed by atoms with Gasteiger partial charge in [0.15, 0.2) is 0 Å². The van der Waals surface area contributed by atoms with Gasteiger partial charge in [0.1, 0.15) is 5.82 Å². The van der Waals surface area contributed by atoms with Crippen molar-refractivity contribution in [2.75, 3.05) is 6.54 Å². The minimum atomic E-state index is -0.871. The Balaban J connectivity index is 1.53. The van der Waals surface area contributed by atoms with Crippen LogP contribution in [0.2, 0.25) is 5.02 Å². The normalized spacial score (nSPS) is 13.4. The number of hydrogen-bond acceptors (Lipinski definition) is 4. The number of rotatable bonds is 7. The average molecular weight is 510 g/mol. The molecule has 1 aromatic heterocycles. The first-order chi connectivity index (χ1) is 16.8. The van der Waals surface area contributed by atoms with Gasteiger partial charge in [-0.2, -0.15) is 0 Å². The minimum Gasteiger partial charge on any atom is -0.344 e. The van der Waals surface area contributed by atoms with E-state index in [1.807, 2.05) is 17.5 Å². The van der Waals surface area contributed by atoms with E-state index in [0.29, 0.717) is 29.5 Å². The van der Waals surface area contributed by atoms with Crippen molar-refractivity contribution in [1.29, 1.82) is 0 Å². The summed E-state index contributed by atoms with van der Waals surface area (Å²) in [4.78, 5) is 37.9. The Morgan fingerprint density at radius 1 is 1.09 bits per heavy atom. The Hall–Kier alpha value is -3.67. The lowest BCUT2D eigenvalue weighted by Crippen LogP contribution is -2.40. The Morgan fingerprint density at radius 2 is 1.83 bits per heavy atom. The van der Waals surface area contributed by atoms with Crippen molar-refractivity contribution in [2.45, 2.75) is 24.9 Å². The second kappa shape index (κ2) is 10.3. The van der Waals surface area contributed by atoms with Crippen molar-refractivity contribution in [1.82, 2.24) is 16.0 Å². The SMILES string of the molecule is C#CCNC(=O)C(=O)NCc1ccccc1C(=O)NC1(c2cc(-c3cccs3)cc(Cl)c2F)CC1. The lowest BCUT2D eigenvalue weighted by atomic mass is 9.99. The lowest BCUT2D eigenvalue weighted by Gasteiger charge is -2.21. The molecule has 1 saturated carbocycles. The van der Waals surface area contributed by atoms with Gasteiger partial charge in [0.25, 0.3) is 5.91 Å². The van der Waals surface area contributed by atoms with Gasteiger partial charge in [-0.1, -0.05) is 41.8 Å². The molecule has 0 aliphatic heterocycles. The summed E-state index contributed by atoms with van der Waals surface area (Å²) >= 11 is 7.73. The number of carbonyl (C=O) groups is 3. The molecule has 0 saturated heterocycles. The fourth-order valence-electron chi connectivity index (χ4n) is 3.76. The van der Waals surface area contributed by atoms with Crippen LogP contribution in [0.15, 0.2) is 53.9 Å². The second-order valence-electron chi connectivity index (χ2n) is 8.06. The van der Waals surface area contributed by atoms with Crippen LogP contribution in [-0.4, -0.2) is 24.3 Å². The molecule has 35 heavy (non-hydrogen) atoms. The molecule has 9 heteroatoms. The molecule has 0 atom stereocenters. The van der Waals surface area contributed by atoms with E-state index in [-0.39, 0.29) is 18.1 Å². The zero-order valence-electron chi connectivity index (χ0n) is 18.5. The number of amides is 3. The number of carbonyl (C=O) groups excluding carboxylic acids is 3. The molecule has 3 amide bonds. The van der Waals surface area contributed by atoms with Crippen LogP contribution in [0.3, 0.4) is 0 Å². The van der Waals surface area contributed by atoms with Crippen LogP contribution in [0.5, 0.6) is 0 Å². The number of terminal acetylenes is 1. The molecule has 4 rings (SSSR count). The predicted molar refractivity (Wildman–Crippen MR) is 133 cm³/mol. The van der Waals surface area contributed by atoms with E-state index in [4.69, 9.17) is 18.0 Å². The van der Waals surface area contributed by atoms with Crippen LogP contribution in [-0.2, 0) is 21.7 Å². The molecule has 1 fully saturated rings.